The lowest BCUT2D eigenvalue weighted by Gasteiger charge is -2.17. The Morgan fingerprint density at radius 3 is 3.00 bits per heavy atom. The summed E-state index contributed by atoms with van der Waals surface area (Å²) in [6.07, 6.45) is 3.59. The van der Waals surface area contributed by atoms with Crippen LogP contribution in [0.4, 0.5) is 5.69 Å². The van der Waals surface area contributed by atoms with Gasteiger partial charge in [0, 0.05) is 43.7 Å². The van der Waals surface area contributed by atoms with E-state index in [4.69, 9.17) is 9.47 Å². The maximum Gasteiger partial charge on any atom is 0.231 e. The quantitative estimate of drug-likeness (QED) is 0.912. The second kappa shape index (κ2) is 6.43. The molecule has 1 saturated heterocycles. The van der Waals surface area contributed by atoms with Crippen LogP contribution in [0.2, 0.25) is 0 Å². The van der Waals surface area contributed by atoms with E-state index in [-0.39, 0.29) is 30.9 Å². The Kier molecular flexibility index (Phi) is 3.97. The molecule has 1 atom stereocenters. The molecular formula is C18H17N3O4. The molecule has 3 heterocycles. The van der Waals surface area contributed by atoms with Crippen LogP contribution >= 0.6 is 0 Å². The van der Waals surface area contributed by atoms with E-state index in [1.807, 2.05) is 12.1 Å². The molecule has 2 amide bonds. The van der Waals surface area contributed by atoms with Crippen LogP contribution in [0.25, 0.3) is 0 Å². The molecule has 0 bridgehead atoms. The molecule has 0 radical (unpaired) electrons. The zero-order chi connectivity index (χ0) is 17.2. The number of benzene rings is 1. The van der Waals surface area contributed by atoms with Crippen LogP contribution in [-0.2, 0) is 16.1 Å². The van der Waals surface area contributed by atoms with E-state index in [0.29, 0.717) is 24.6 Å². The van der Waals surface area contributed by atoms with Crippen LogP contribution in [0.1, 0.15) is 12.0 Å². The Morgan fingerprint density at radius 1 is 1.28 bits per heavy atom. The van der Waals surface area contributed by atoms with Gasteiger partial charge in [-0.3, -0.25) is 14.6 Å². The van der Waals surface area contributed by atoms with Crippen molar-refractivity contribution in [3.63, 3.8) is 0 Å². The summed E-state index contributed by atoms with van der Waals surface area (Å²) in [5, 5.41) is 2.87. The van der Waals surface area contributed by atoms with Gasteiger partial charge in [-0.25, -0.2) is 0 Å². The number of hydrogen-bond acceptors (Lipinski definition) is 5. The molecule has 7 nitrogen and oxygen atoms in total. The zero-order valence-corrected chi connectivity index (χ0v) is 13.5. The van der Waals surface area contributed by atoms with Crippen molar-refractivity contribution < 1.29 is 19.1 Å². The number of nitrogens with zero attached hydrogens (tertiary/aromatic N) is 2. The van der Waals surface area contributed by atoms with Crippen LogP contribution in [0.15, 0.2) is 42.7 Å². The third-order valence-electron chi connectivity index (χ3n) is 4.35. The molecule has 0 unspecified atom stereocenters. The van der Waals surface area contributed by atoms with Gasteiger partial charge in [-0.15, -0.1) is 0 Å². The third kappa shape index (κ3) is 3.13. The predicted molar refractivity (Wildman–Crippen MR) is 89.1 cm³/mol. The molecule has 0 saturated carbocycles. The molecule has 1 aromatic heterocycles. The van der Waals surface area contributed by atoms with E-state index in [1.54, 1.807) is 35.5 Å². The molecule has 0 spiro atoms. The summed E-state index contributed by atoms with van der Waals surface area (Å²) >= 11 is 0. The molecule has 7 heteroatoms. The number of pyridine rings is 1. The van der Waals surface area contributed by atoms with Crippen molar-refractivity contribution in [1.82, 2.24) is 10.3 Å². The Balaban J connectivity index is 1.40. The van der Waals surface area contributed by atoms with Gasteiger partial charge in [0.1, 0.15) is 0 Å². The Morgan fingerprint density at radius 2 is 2.16 bits per heavy atom. The number of fused-ring (bicyclic) bond motifs is 1. The van der Waals surface area contributed by atoms with Crippen LogP contribution in [0, 0.1) is 5.92 Å². The number of ether oxygens (including phenoxy) is 2. The van der Waals surface area contributed by atoms with Gasteiger partial charge in [-0.2, -0.15) is 0 Å². The second-order valence-electron chi connectivity index (χ2n) is 6.02. The SMILES string of the molecule is O=C(NCc1cccnc1)[C@@H]1CC(=O)N(c2ccc3c(c2)OCO3)C1. The maximum absolute atomic E-state index is 12.4. The van der Waals surface area contributed by atoms with E-state index in [9.17, 15) is 9.59 Å². The van der Waals surface area contributed by atoms with Crippen LogP contribution < -0.4 is 19.7 Å². The first-order chi connectivity index (χ1) is 12.2. The average molecular weight is 339 g/mol. The molecule has 2 aromatic rings. The molecular weight excluding hydrogens is 322 g/mol. The number of anilines is 1. The predicted octanol–water partition coefficient (Wildman–Crippen LogP) is 1.48. The molecule has 1 aromatic carbocycles. The van der Waals surface area contributed by atoms with Crippen LogP contribution in [0.5, 0.6) is 11.5 Å². The average Bonchev–Trinajstić information content (AvgIpc) is 3.26. The molecule has 1 N–H and O–H groups in total. The molecule has 2 aliphatic rings. The lowest BCUT2D eigenvalue weighted by atomic mass is 10.1. The molecule has 2 aliphatic heterocycles. The Bertz CT molecular complexity index is 809. The number of amides is 2. The van der Waals surface area contributed by atoms with E-state index < -0.39 is 0 Å². The smallest absolute Gasteiger partial charge is 0.231 e. The van der Waals surface area contributed by atoms with Crippen molar-refractivity contribution in [3.8, 4) is 11.5 Å². The third-order valence-corrected chi connectivity index (χ3v) is 4.35. The number of carbonyl (C=O) groups is 2. The van der Waals surface area contributed by atoms with E-state index in [2.05, 4.69) is 10.3 Å². The highest BCUT2D eigenvalue weighted by molar-refractivity contribution is 6.00. The van der Waals surface area contributed by atoms with Gasteiger partial charge in [-0.1, -0.05) is 6.07 Å². The first-order valence-electron chi connectivity index (χ1n) is 8.07. The first-order valence-corrected chi connectivity index (χ1v) is 8.07. The van der Waals surface area contributed by atoms with E-state index in [0.717, 1.165) is 11.3 Å². The summed E-state index contributed by atoms with van der Waals surface area (Å²) < 4.78 is 10.6. The minimum atomic E-state index is -0.366. The number of rotatable bonds is 4. The molecule has 4 rings (SSSR count). The van der Waals surface area contributed by atoms with Gasteiger partial charge in [0.25, 0.3) is 0 Å². The molecule has 1 fully saturated rings. The monoisotopic (exact) mass is 339 g/mol. The standard InChI is InChI=1S/C18H17N3O4/c22-17-6-13(18(23)20-9-12-2-1-5-19-8-12)10-21(17)14-3-4-15-16(7-14)25-11-24-15/h1-5,7-8,13H,6,9-11H2,(H,20,23)/t13-/m1/s1. The van der Waals surface area contributed by atoms with Gasteiger partial charge in [0.2, 0.25) is 18.6 Å². The summed E-state index contributed by atoms with van der Waals surface area (Å²) in [4.78, 5) is 30.3. The van der Waals surface area contributed by atoms with E-state index in [1.165, 1.54) is 0 Å². The summed E-state index contributed by atoms with van der Waals surface area (Å²) in [6.45, 7) is 0.949. The van der Waals surface area contributed by atoms with Crippen molar-refractivity contribution in [2.45, 2.75) is 13.0 Å². The lowest BCUT2D eigenvalue weighted by molar-refractivity contribution is -0.126. The summed E-state index contributed by atoms with van der Waals surface area (Å²) in [6, 6.07) is 9.08. The fraction of sp³-hybridized carbons (Fsp3) is 0.278. The van der Waals surface area contributed by atoms with Crippen molar-refractivity contribution in [1.29, 1.82) is 0 Å². The van der Waals surface area contributed by atoms with Gasteiger partial charge in [0.15, 0.2) is 11.5 Å². The van der Waals surface area contributed by atoms with Gasteiger partial charge in [0.05, 0.1) is 5.92 Å². The van der Waals surface area contributed by atoms with Crippen molar-refractivity contribution >= 4 is 17.5 Å². The fourth-order valence-corrected chi connectivity index (χ4v) is 3.02. The molecule has 25 heavy (non-hydrogen) atoms. The summed E-state index contributed by atoms with van der Waals surface area (Å²) in [5.74, 6) is 0.728. The maximum atomic E-state index is 12.4. The highest BCUT2D eigenvalue weighted by atomic mass is 16.7. The van der Waals surface area contributed by atoms with Crippen molar-refractivity contribution in [2.75, 3.05) is 18.2 Å². The van der Waals surface area contributed by atoms with Crippen LogP contribution in [-0.4, -0.2) is 30.1 Å². The molecule has 0 aliphatic carbocycles. The summed E-state index contributed by atoms with van der Waals surface area (Å²) in [5.41, 5.74) is 1.64. The minimum Gasteiger partial charge on any atom is -0.454 e. The lowest BCUT2D eigenvalue weighted by Crippen LogP contribution is -2.32. The number of nitrogens with one attached hydrogen (secondary N) is 1. The van der Waals surface area contributed by atoms with Crippen molar-refractivity contribution in [3.05, 3.63) is 48.3 Å². The highest BCUT2D eigenvalue weighted by Crippen LogP contribution is 2.37. The van der Waals surface area contributed by atoms with E-state index >= 15 is 0 Å². The largest absolute Gasteiger partial charge is 0.454 e. The summed E-state index contributed by atoms with van der Waals surface area (Å²) in [7, 11) is 0. The Labute approximate surface area is 144 Å². The van der Waals surface area contributed by atoms with Crippen LogP contribution in [0.3, 0.4) is 0 Å². The number of aromatic nitrogens is 1. The van der Waals surface area contributed by atoms with Gasteiger partial charge >= 0.3 is 0 Å². The molecule has 128 valence electrons. The number of hydrogen-bond donors (Lipinski definition) is 1. The van der Waals surface area contributed by atoms with Crippen molar-refractivity contribution in [2.24, 2.45) is 5.92 Å². The zero-order valence-electron chi connectivity index (χ0n) is 13.5. The minimum absolute atomic E-state index is 0.0691. The Hall–Kier alpha value is -3.09. The fourth-order valence-electron chi connectivity index (χ4n) is 3.02. The topological polar surface area (TPSA) is 80.8 Å². The number of carbonyl (C=O) groups excluding carboxylic acids is 2. The van der Waals surface area contributed by atoms with Gasteiger partial charge < -0.3 is 19.7 Å². The second-order valence-corrected chi connectivity index (χ2v) is 6.02. The first kappa shape index (κ1) is 15.4. The highest BCUT2D eigenvalue weighted by Gasteiger charge is 2.35. The normalized spacial score (nSPS) is 18.5. The van der Waals surface area contributed by atoms with Gasteiger partial charge in [-0.05, 0) is 23.8 Å².